The van der Waals surface area contributed by atoms with Gasteiger partial charge in [-0.2, -0.15) is 0 Å². The summed E-state index contributed by atoms with van der Waals surface area (Å²) in [6.45, 7) is 0.599. The average molecular weight is 283 g/mol. The number of benzene rings is 1. The van der Waals surface area contributed by atoms with E-state index in [4.69, 9.17) is 29.6 Å². The molecule has 0 saturated heterocycles. The van der Waals surface area contributed by atoms with Gasteiger partial charge in [0.25, 0.3) is 5.91 Å². The highest BCUT2D eigenvalue weighted by atomic mass is 35.5. The van der Waals surface area contributed by atoms with E-state index >= 15 is 0 Å². The lowest BCUT2D eigenvalue weighted by atomic mass is 10.2. The van der Waals surface area contributed by atoms with Crippen molar-refractivity contribution in [1.82, 2.24) is 4.90 Å². The van der Waals surface area contributed by atoms with E-state index < -0.39 is 0 Å². The Kier molecular flexibility index (Phi) is 4.19. The van der Waals surface area contributed by atoms with E-state index in [-0.39, 0.29) is 5.91 Å². The largest absolute Gasteiger partial charge is 0.393 e. The van der Waals surface area contributed by atoms with Crippen LogP contribution in [0.3, 0.4) is 0 Å². The predicted molar refractivity (Wildman–Crippen MR) is 76.9 cm³/mol. The van der Waals surface area contributed by atoms with Crippen LogP contribution in [0.2, 0.25) is 5.02 Å². The Morgan fingerprint density at radius 3 is 2.50 bits per heavy atom. The second kappa shape index (κ2) is 5.67. The third-order valence-corrected chi connectivity index (χ3v) is 3.39. The standard InChI is InChI=1S/C13H15ClN2OS/c14-10-3-1-9(2-4-10)13(17)16(11-5-6-11)8-7-12(15)18/h1-4,11H,5-8H2,(H2,15,18). The SMILES string of the molecule is NC(=S)CCN(C(=O)c1ccc(Cl)cc1)C1CC1. The number of nitrogens with two attached hydrogens (primary N) is 1. The minimum absolute atomic E-state index is 0.0328. The molecule has 0 aliphatic heterocycles. The molecule has 96 valence electrons. The van der Waals surface area contributed by atoms with Gasteiger partial charge in [0.05, 0.1) is 4.99 Å². The van der Waals surface area contributed by atoms with Crippen molar-refractivity contribution in [3.05, 3.63) is 34.9 Å². The van der Waals surface area contributed by atoms with Crippen LogP contribution in [0.25, 0.3) is 0 Å². The lowest BCUT2D eigenvalue weighted by molar-refractivity contribution is 0.0748. The first-order valence-corrected chi connectivity index (χ1v) is 6.71. The summed E-state index contributed by atoms with van der Waals surface area (Å²) in [5, 5.41) is 0.632. The molecule has 0 bridgehead atoms. The first kappa shape index (κ1) is 13.3. The Balaban J connectivity index is 2.07. The second-order valence-electron chi connectivity index (χ2n) is 4.45. The lowest BCUT2D eigenvalue weighted by Crippen LogP contribution is -2.35. The van der Waals surface area contributed by atoms with Gasteiger partial charge in [-0.3, -0.25) is 4.79 Å². The van der Waals surface area contributed by atoms with Crippen molar-refractivity contribution in [1.29, 1.82) is 0 Å². The van der Waals surface area contributed by atoms with Gasteiger partial charge in [-0.1, -0.05) is 23.8 Å². The Morgan fingerprint density at radius 1 is 1.39 bits per heavy atom. The van der Waals surface area contributed by atoms with Crippen LogP contribution < -0.4 is 5.73 Å². The number of thiocarbonyl (C=S) groups is 1. The molecule has 18 heavy (non-hydrogen) atoms. The van der Waals surface area contributed by atoms with Gasteiger partial charge in [-0.25, -0.2) is 0 Å². The molecule has 3 nitrogen and oxygen atoms in total. The van der Waals surface area contributed by atoms with E-state index in [0.717, 1.165) is 12.8 Å². The zero-order valence-corrected chi connectivity index (χ0v) is 11.5. The number of carbonyl (C=O) groups is 1. The van der Waals surface area contributed by atoms with E-state index in [0.29, 0.717) is 34.6 Å². The number of amides is 1. The summed E-state index contributed by atoms with van der Waals surface area (Å²) in [5.41, 5.74) is 6.16. The summed E-state index contributed by atoms with van der Waals surface area (Å²) in [5.74, 6) is 0.0328. The molecule has 1 aliphatic carbocycles. The Labute approximate surface area is 117 Å². The van der Waals surface area contributed by atoms with Crippen LogP contribution in [0.15, 0.2) is 24.3 Å². The van der Waals surface area contributed by atoms with Crippen LogP contribution in [0.4, 0.5) is 0 Å². The molecule has 1 fully saturated rings. The van der Waals surface area contributed by atoms with E-state index in [1.54, 1.807) is 24.3 Å². The molecule has 5 heteroatoms. The number of nitrogens with zero attached hydrogens (tertiary/aromatic N) is 1. The fourth-order valence-corrected chi connectivity index (χ4v) is 2.04. The van der Waals surface area contributed by atoms with E-state index in [2.05, 4.69) is 0 Å². The molecule has 0 atom stereocenters. The maximum absolute atomic E-state index is 12.3. The predicted octanol–water partition coefficient (Wildman–Crippen LogP) is 2.62. The number of rotatable bonds is 5. The highest BCUT2D eigenvalue weighted by Crippen LogP contribution is 2.28. The molecule has 1 aromatic rings. The smallest absolute Gasteiger partial charge is 0.254 e. The van der Waals surface area contributed by atoms with Crippen LogP contribution >= 0.6 is 23.8 Å². The van der Waals surface area contributed by atoms with Gasteiger partial charge in [0.2, 0.25) is 0 Å². The van der Waals surface area contributed by atoms with Crippen molar-refractivity contribution in [3.63, 3.8) is 0 Å². The monoisotopic (exact) mass is 282 g/mol. The highest BCUT2D eigenvalue weighted by molar-refractivity contribution is 7.80. The second-order valence-corrected chi connectivity index (χ2v) is 5.41. The number of hydrogen-bond acceptors (Lipinski definition) is 2. The Bertz CT molecular complexity index is 457. The first-order chi connectivity index (χ1) is 8.58. The summed E-state index contributed by atoms with van der Waals surface area (Å²) in [6.07, 6.45) is 2.71. The number of hydrogen-bond donors (Lipinski definition) is 1. The molecule has 2 rings (SSSR count). The van der Waals surface area contributed by atoms with Crippen molar-refractivity contribution in [2.75, 3.05) is 6.54 Å². The first-order valence-electron chi connectivity index (χ1n) is 5.93. The molecule has 0 aromatic heterocycles. The van der Waals surface area contributed by atoms with Gasteiger partial charge in [0, 0.05) is 29.6 Å². The van der Waals surface area contributed by atoms with Crippen LogP contribution in [0.5, 0.6) is 0 Å². The number of halogens is 1. The van der Waals surface area contributed by atoms with E-state index in [1.165, 1.54) is 0 Å². The molecule has 1 amide bonds. The minimum Gasteiger partial charge on any atom is -0.393 e. The highest BCUT2D eigenvalue weighted by Gasteiger charge is 2.32. The van der Waals surface area contributed by atoms with Crippen molar-refractivity contribution in [3.8, 4) is 0 Å². The molecule has 0 spiro atoms. The molecule has 1 aromatic carbocycles. The van der Waals surface area contributed by atoms with Crippen LogP contribution in [-0.4, -0.2) is 28.4 Å². The molecular formula is C13H15ClN2OS. The number of carbonyl (C=O) groups excluding carboxylic acids is 1. The molecule has 0 heterocycles. The molecular weight excluding hydrogens is 268 g/mol. The van der Waals surface area contributed by atoms with E-state index in [1.807, 2.05) is 4.90 Å². The quantitative estimate of drug-likeness (QED) is 0.845. The van der Waals surface area contributed by atoms with Gasteiger partial charge in [-0.05, 0) is 37.1 Å². The molecule has 0 radical (unpaired) electrons. The molecule has 1 saturated carbocycles. The fraction of sp³-hybridized carbons (Fsp3) is 0.385. The fourth-order valence-electron chi connectivity index (χ4n) is 1.83. The zero-order chi connectivity index (χ0) is 13.1. The third kappa shape index (κ3) is 3.43. The molecule has 2 N–H and O–H groups in total. The summed E-state index contributed by atoms with van der Waals surface area (Å²) < 4.78 is 0. The Morgan fingerprint density at radius 2 is 2.00 bits per heavy atom. The van der Waals surface area contributed by atoms with Gasteiger partial charge in [-0.15, -0.1) is 0 Å². The minimum atomic E-state index is 0.0328. The lowest BCUT2D eigenvalue weighted by Gasteiger charge is -2.22. The average Bonchev–Trinajstić information content (AvgIpc) is 3.14. The van der Waals surface area contributed by atoms with Crippen molar-refractivity contribution >= 4 is 34.7 Å². The van der Waals surface area contributed by atoms with Gasteiger partial charge in [0.1, 0.15) is 0 Å². The van der Waals surface area contributed by atoms with Crippen molar-refractivity contribution in [2.45, 2.75) is 25.3 Å². The summed E-state index contributed by atoms with van der Waals surface area (Å²) in [7, 11) is 0. The topological polar surface area (TPSA) is 46.3 Å². The van der Waals surface area contributed by atoms with Crippen molar-refractivity contribution < 1.29 is 4.79 Å². The van der Waals surface area contributed by atoms with Crippen LogP contribution in [0, 0.1) is 0 Å². The molecule has 1 aliphatic rings. The van der Waals surface area contributed by atoms with Crippen LogP contribution in [-0.2, 0) is 0 Å². The maximum Gasteiger partial charge on any atom is 0.254 e. The van der Waals surface area contributed by atoms with Gasteiger partial charge < -0.3 is 10.6 Å². The Hall–Kier alpha value is -1.13. The normalized spacial score (nSPS) is 14.3. The van der Waals surface area contributed by atoms with E-state index in [9.17, 15) is 4.79 Å². The van der Waals surface area contributed by atoms with Crippen molar-refractivity contribution in [2.24, 2.45) is 5.73 Å². The summed E-state index contributed by atoms with van der Waals surface area (Å²) >= 11 is 10.7. The maximum atomic E-state index is 12.3. The van der Waals surface area contributed by atoms with Gasteiger partial charge >= 0.3 is 0 Å². The van der Waals surface area contributed by atoms with Gasteiger partial charge in [0.15, 0.2) is 0 Å². The molecule has 0 unspecified atom stereocenters. The third-order valence-electron chi connectivity index (χ3n) is 2.94. The van der Waals surface area contributed by atoms with Crippen LogP contribution in [0.1, 0.15) is 29.6 Å². The zero-order valence-electron chi connectivity index (χ0n) is 9.93. The summed E-state index contributed by atoms with van der Waals surface area (Å²) in [6, 6.07) is 7.31. The summed E-state index contributed by atoms with van der Waals surface area (Å²) in [4.78, 5) is 14.7.